The van der Waals surface area contributed by atoms with Gasteiger partial charge in [0.1, 0.15) is 5.82 Å². The molecule has 3 heterocycles. The van der Waals surface area contributed by atoms with E-state index in [1.165, 1.54) is 13.1 Å². The van der Waals surface area contributed by atoms with Crippen LogP contribution in [0, 0.1) is 0 Å². The van der Waals surface area contributed by atoms with Gasteiger partial charge in [-0.15, -0.1) is 0 Å². The van der Waals surface area contributed by atoms with Gasteiger partial charge in [0.2, 0.25) is 0 Å². The van der Waals surface area contributed by atoms with E-state index in [0.717, 1.165) is 23.6 Å². The molecule has 3 amide bonds. The first kappa shape index (κ1) is 14.6. The Morgan fingerprint density at radius 2 is 2.04 bits per heavy atom. The Morgan fingerprint density at radius 1 is 1.25 bits per heavy atom. The molecule has 2 aliphatic rings. The highest BCUT2D eigenvalue weighted by atomic mass is 16.2. The molecule has 2 aromatic rings. The minimum atomic E-state index is -0.367. The Labute approximate surface area is 138 Å². The molecule has 1 aromatic heterocycles. The van der Waals surface area contributed by atoms with Gasteiger partial charge in [0.25, 0.3) is 17.7 Å². The number of benzene rings is 1. The molecule has 1 N–H and O–H groups in total. The SMILES string of the molecule is CN1C(=O)c2ccc(C(=O)N3CCC[C@H]3c3ncc[nH]3)cc2C1=O. The van der Waals surface area contributed by atoms with Crippen LogP contribution < -0.4 is 0 Å². The number of aromatic nitrogens is 2. The summed E-state index contributed by atoms with van der Waals surface area (Å²) in [6.45, 7) is 0.647. The number of H-pyrrole nitrogens is 1. The van der Waals surface area contributed by atoms with Crippen molar-refractivity contribution >= 4 is 17.7 Å². The van der Waals surface area contributed by atoms with E-state index in [1.54, 1.807) is 29.4 Å². The average molecular weight is 324 g/mol. The second-order valence-corrected chi connectivity index (χ2v) is 6.06. The molecule has 7 heteroatoms. The third-order valence-electron chi connectivity index (χ3n) is 4.69. The number of rotatable bonds is 2. The van der Waals surface area contributed by atoms with Crippen molar-refractivity contribution in [1.29, 1.82) is 0 Å². The van der Waals surface area contributed by atoms with Crippen LogP contribution in [-0.4, -0.2) is 51.1 Å². The summed E-state index contributed by atoms with van der Waals surface area (Å²) in [6, 6.07) is 4.62. The monoisotopic (exact) mass is 324 g/mol. The molecule has 0 saturated carbocycles. The first-order valence-electron chi connectivity index (χ1n) is 7.84. The fourth-order valence-electron chi connectivity index (χ4n) is 3.41. The molecule has 122 valence electrons. The summed E-state index contributed by atoms with van der Waals surface area (Å²) in [6.07, 6.45) is 5.17. The standard InChI is InChI=1S/C17H16N4O3/c1-20-16(23)11-5-4-10(9-12(11)17(20)24)15(22)21-8-2-3-13(21)14-18-6-7-19-14/h4-7,9,13H,2-3,8H2,1H3,(H,18,19)/t13-/m0/s1. The van der Waals surface area contributed by atoms with Crippen molar-refractivity contribution in [3.63, 3.8) is 0 Å². The van der Waals surface area contributed by atoms with Crippen molar-refractivity contribution in [2.45, 2.75) is 18.9 Å². The number of hydrogen-bond acceptors (Lipinski definition) is 4. The average Bonchev–Trinajstić information content (AvgIpc) is 3.32. The summed E-state index contributed by atoms with van der Waals surface area (Å²) in [7, 11) is 1.44. The minimum absolute atomic E-state index is 0.0826. The molecular formula is C17H16N4O3. The lowest BCUT2D eigenvalue weighted by atomic mass is 10.0. The summed E-state index contributed by atoms with van der Waals surface area (Å²) in [5, 5.41) is 0. The number of carbonyl (C=O) groups excluding carboxylic acids is 3. The van der Waals surface area contributed by atoms with Crippen LogP contribution in [0.1, 0.15) is 55.8 Å². The second kappa shape index (κ2) is 5.30. The van der Waals surface area contributed by atoms with E-state index in [-0.39, 0.29) is 23.8 Å². The topological polar surface area (TPSA) is 86.4 Å². The lowest BCUT2D eigenvalue weighted by Gasteiger charge is -2.23. The van der Waals surface area contributed by atoms with Gasteiger partial charge in [-0.1, -0.05) is 0 Å². The fourth-order valence-corrected chi connectivity index (χ4v) is 3.41. The van der Waals surface area contributed by atoms with E-state index < -0.39 is 0 Å². The molecule has 2 aliphatic heterocycles. The number of likely N-dealkylation sites (tertiary alicyclic amines) is 1. The molecule has 1 saturated heterocycles. The van der Waals surface area contributed by atoms with Gasteiger partial charge < -0.3 is 9.88 Å². The van der Waals surface area contributed by atoms with Crippen LogP contribution in [0.3, 0.4) is 0 Å². The predicted octanol–water partition coefficient (Wildman–Crippen LogP) is 1.61. The number of nitrogens with zero attached hydrogens (tertiary/aromatic N) is 3. The van der Waals surface area contributed by atoms with Crippen LogP contribution in [0.2, 0.25) is 0 Å². The maximum Gasteiger partial charge on any atom is 0.261 e. The summed E-state index contributed by atoms with van der Waals surface area (Å²) in [5.74, 6) is -0.0724. The molecule has 24 heavy (non-hydrogen) atoms. The van der Waals surface area contributed by atoms with Gasteiger partial charge in [0, 0.05) is 31.5 Å². The molecule has 1 atom stereocenters. The van der Waals surface area contributed by atoms with Crippen molar-refractivity contribution in [3.05, 3.63) is 53.1 Å². The normalized spacial score (nSPS) is 20.0. The van der Waals surface area contributed by atoms with Crippen LogP contribution in [0.25, 0.3) is 0 Å². The van der Waals surface area contributed by atoms with Gasteiger partial charge in [-0.05, 0) is 31.0 Å². The number of fused-ring (bicyclic) bond motifs is 1. The number of imide groups is 1. The van der Waals surface area contributed by atoms with Crippen LogP contribution in [-0.2, 0) is 0 Å². The molecule has 1 aromatic carbocycles. The number of aromatic amines is 1. The molecule has 4 rings (SSSR count). The van der Waals surface area contributed by atoms with E-state index >= 15 is 0 Å². The number of imidazole rings is 1. The first-order valence-corrected chi connectivity index (χ1v) is 7.84. The lowest BCUT2D eigenvalue weighted by molar-refractivity contribution is 0.0691. The van der Waals surface area contributed by atoms with Crippen LogP contribution >= 0.6 is 0 Å². The molecule has 0 bridgehead atoms. The van der Waals surface area contributed by atoms with Gasteiger partial charge in [0.05, 0.1) is 17.2 Å². The van der Waals surface area contributed by atoms with Crippen molar-refractivity contribution in [2.24, 2.45) is 0 Å². The number of carbonyl (C=O) groups is 3. The zero-order valence-corrected chi connectivity index (χ0v) is 13.2. The van der Waals surface area contributed by atoms with Crippen molar-refractivity contribution in [1.82, 2.24) is 19.8 Å². The summed E-state index contributed by atoms with van der Waals surface area (Å²) in [5.41, 5.74) is 1.06. The molecule has 0 aliphatic carbocycles. The third kappa shape index (κ3) is 2.05. The van der Waals surface area contributed by atoms with E-state index in [0.29, 0.717) is 23.2 Å². The molecular weight excluding hydrogens is 308 g/mol. The van der Waals surface area contributed by atoms with Crippen molar-refractivity contribution in [2.75, 3.05) is 13.6 Å². The van der Waals surface area contributed by atoms with Gasteiger partial charge >= 0.3 is 0 Å². The summed E-state index contributed by atoms with van der Waals surface area (Å²) in [4.78, 5) is 47.1. The zero-order chi connectivity index (χ0) is 16.8. The lowest BCUT2D eigenvalue weighted by Crippen LogP contribution is -2.31. The number of amides is 3. The van der Waals surface area contributed by atoms with E-state index in [1.807, 2.05) is 0 Å². The minimum Gasteiger partial charge on any atom is -0.347 e. The number of hydrogen-bond donors (Lipinski definition) is 1. The molecule has 7 nitrogen and oxygen atoms in total. The second-order valence-electron chi connectivity index (χ2n) is 6.06. The maximum atomic E-state index is 12.9. The molecule has 1 fully saturated rings. The predicted molar refractivity (Wildman–Crippen MR) is 84.5 cm³/mol. The first-order chi connectivity index (χ1) is 11.6. The number of nitrogens with one attached hydrogen (secondary N) is 1. The molecule has 0 radical (unpaired) electrons. The van der Waals surface area contributed by atoms with Crippen LogP contribution in [0.15, 0.2) is 30.6 Å². The summed E-state index contributed by atoms with van der Waals surface area (Å²) < 4.78 is 0. The Balaban J connectivity index is 1.66. The Bertz CT molecular complexity index is 844. The van der Waals surface area contributed by atoms with Crippen LogP contribution in [0.5, 0.6) is 0 Å². The van der Waals surface area contributed by atoms with Crippen LogP contribution in [0.4, 0.5) is 0 Å². The zero-order valence-electron chi connectivity index (χ0n) is 13.2. The van der Waals surface area contributed by atoms with Gasteiger partial charge in [-0.3, -0.25) is 19.3 Å². The van der Waals surface area contributed by atoms with E-state index in [4.69, 9.17) is 0 Å². The maximum absolute atomic E-state index is 12.9. The third-order valence-corrected chi connectivity index (χ3v) is 4.69. The smallest absolute Gasteiger partial charge is 0.261 e. The van der Waals surface area contributed by atoms with Gasteiger partial charge in [0.15, 0.2) is 0 Å². The summed E-state index contributed by atoms with van der Waals surface area (Å²) >= 11 is 0. The Morgan fingerprint density at radius 3 is 2.79 bits per heavy atom. The largest absolute Gasteiger partial charge is 0.347 e. The van der Waals surface area contributed by atoms with Crippen molar-refractivity contribution < 1.29 is 14.4 Å². The molecule has 0 spiro atoms. The Hall–Kier alpha value is -2.96. The van der Waals surface area contributed by atoms with Crippen molar-refractivity contribution in [3.8, 4) is 0 Å². The highest BCUT2D eigenvalue weighted by Crippen LogP contribution is 2.32. The Kier molecular flexibility index (Phi) is 3.23. The highest BCUT2D eigenvalue weighted by molar-refractivity contribution is 6.21. The molecule has 0 unspecified atom stereocenters. The highest BCUT2D eigenvalue weighted by Gasteiger charge is 2.36. The van der Waals surface area contributed by atoms with E-state index in [2.05, 4.69) is 9.97 Å². The van der Waals surface area contributed by atoms with Gasteiger partial charge in [-0.2, -0.15) is 0 Å². The quantitative estimate of drug-likeness (QED) is 0.850. The van der Waals surface area contributed by atoms with Gasteiger partial charge in [-0.25, -0.2) is 4.98 Å². The fraction of sp³-hybridized carbons (Fsp3) is 0.294. The van der Waals surface area contributed by atoms with E-state index in [9.17, 15) is 14.4 Å².